The van der Waals surface area contributed by atoms with Crippen molar-refractivity contribution in [2.75, 3.05) is 17.7 Å². The van der Waals surface area contributed by atoms with Gasteiger partial charge in [0.1, 0.15) is 0 Å². The van der Waals surface area contributed by atoms with Gasteiger partial charge in [-0.2, -0.15) is 0 Å². The summed E-state index contributed by atoms with van der Waals surface area (Å²) in [4.78, 5) is 12.8. The van der Waals surface area contributed by atoms with E-state index in [4.69, 9.17) is 0 Å². The Morgan fingerprint density at radius 3 is 2.85 bits per heavy atom. The second kappa shape index (κ2) is 8.11. The normalized spacial score (nSPS) is 11.5. The summed E-state index contributed by atoms with van der Waals surface area (Å²) in [7, 11) is 1.91. The Hall–Kier alpha value is -3.41. The first-order valence-corrected chi connectivity index (χ1v) is 8.40. The van der Waals surface area contributed by atoms with Crippen LogP contribution in [-0.4, -0.2) is 27.6 Å². The fraction of sp³-hybridized carbons (Fsp3) is 0.150. The molecule has 0 saturated carbocycles. The molecule has 0 aliphatic rings. The number of aliphatic imine (C=N–C) groups is 1. The summed E-state index contributed by atoms with van der Waals surface area (Å²) in [6, 6.07) is 6.11. The maximum absolute atomic E-state index is 4.40. The predicted molar refractivity (Wildman–Crippen MR) is 109 cm³/mol. The Morgan fingerprint density at radius 2 is 2.08 bits per heavy atom. The van der Waals surface area contributed by atoms with Crippen molar-refractivity contribution in [1.29, 1.82) is 0 Å². The number of nitrogens with zero attached hydrogens (tertiary/aromatic N) is 4. The van der Waals surface area contributed by atoms with Crippen LogP contribution in [0.2, 0.25) is 0 Å². The number of benzene rings is 1. The molecule has 0 atom stereocenters. The number of hydrogen-bond donors (Lipinski definition) is 2. The molecule has 132 valence electrons. The Labute approximate surface area is 153 Å². The van der Waals surface area contributed by atoms with Gasteiger partial charge in [0.25, 0.3) is 0 Å². The number of nitrogens with one attached hydrogen (secondary N) is 2. The minimum Gasteiger partial charge on any atom is -0.388 e. The third-order valence-electron chi connectivity index (χ3n) is 3.95. The molecule has 3 aromatic rings. The highest BCUT2D eigenvalue weighted by molar-refractivity contribution is 5.80. The van der Waals surface area contributed by atoms with E-state index in [2.05, 4.69) is 38.2 Å². The molecular weight excluding hydrogens is 324 g/mol. The van der Waals surface area contributed by atoms with E-state index in [-0.39, 0.29) is 0 Å². The van der Waals surface area contributed by atoms with Crippen LogP contribution in [0.4, 0.5) is 17.2 Å². The SMILES string of the molecule is C=C(C/C=C\N=CC)c1cc(Nc2nccn3ccnc23)ccc1NC. The Kier molecular flexibility index (Phi) is 5.43. The van der Waals surface area contributed by atoms with Gasteiger partial charge in [0, 0.05) is 61.2 Å². The maximum atomic E-state index is 4.40. The predicted octanol–water partition coefficient (Wildman–Crippen LogP) is 4.52. The topological polar surface area (TPSA) is 66.6 Å². The molecule has 0 spiro atoms. The molecule has 0 bridgehead atoms. The standard InChI is InChI=1S/C20H22N6/c1-4-22-9-5-6-15(2)17-14-16(7-8-18(17)21-3)25-19-20-24-11-13-26(20)12-10-23-19/h4-5,7-14,21H,2,6H2,1,3H3,(H,23,25)/b9-5-,22-4?. The zero-order valence-corrected chi connectivity index (χ0v) is 15.0. The van der Waals surface area contributed by atoms with Crippen LogP contribution in [0.3, 0.4) is 0 Å². The maximum Gasteiger partial charge on any atom is 0.180 e. The number of rotatable bonds is 7. The smallest absolute Gasteiger partial charge is 0.180 e. The van der Waals surface area contributed by atoms with Crippen LogP contribution in [-0.2, 0) is 0 Å². The molecule has 26 heavy (non-hydrogen) atoms. The molecule has 6 heteroatoms. The van der Waals surface area contributed by atoms with E-state index >= 15 is 0 Å². The third-order valence-corrected chi connectivity index (χ3v) is 3.95. The van der Waals surface area contributed by atoms with Crippen molar-refractivity contribution in [3.63, 3.8) is 0 Å². The Morgan fingerprint density at radius 1 is 1.27 bits per heavy atom. The lowest BCUT2D eigenvalue weighted by Gasteiger charge is -2.14. The van der Waals surface area contributed by atoms with Crippen molar-refractivity contribution in [3.8, 4) is 0 Å². The van der Waals surface area contributed by atoms with E-state index in [0.717, 1.165) is 34.6 Å². The van der Waals surface area contributed by atoms with E-state index in [1.165, 1.54) is 0 Å². The molecule has 2 N–H and O–H groups in total. The van der Waals surface area contributed by atoms with Crippen molar-refractivity contribution in [1.82, 2.24) is 14.4 Å². The third kappa shape index (κ3) is 3.80. The van der Waals surface area contributed by atoms with Gasteiger partial charge in [-0.3, -0.25) is 4.99 Å². The van der Waals surface area contributed by atoms with Gasteiger partial charge >= 0.3 is 0 Å². The molecule has 0 aliphatic heterocycles. The molecule has 6 nitrogen and oxygen atoms in total. The van der Waals surface area contributed by atoms with Crippen molar-refractivity contribution < 1.29 is 0 Å². The molecule has 2 aromatic heterocycles. The molecule has 0 unspecified atom stereocenters. The van der Waals surface area contributed by atoms with Crippen LogP contribution in [0, 0.1) is 0 Å². The highest BCUT2D eigenvalue weighted by Gasteiger charge is 2.09. The molecular formula is C20H22N6. The zero-order valence-electron chi connectivity index (χ0n) is 15.0. The number of fused-ring (bicyclic) bond motifs is 1. The first-order valence-electron chi connectivity index (χ1n) is 8.40. The van der Waals surface area contributed by atoms with Gasteiger partial charge in [0.2, 0.25) is 0 Å². The highest BCUT2D eigenvalue weighted by atomic mass is 15.1. The summed E-state index contributed by atoms with van der Waals surface area (Å²) in [5.74, 6) is 0.712. The fourth-order valence-corrected chi connectivity index (χ4v) is 2.66. The summed E-state index contributed by atoms with van der Waals surface area (Å²) in [5, 5.41) is 6.57. The largest absolute Gasteiger partial charge is 0.388 e. The molecule has 0 amide bonds. The quantitative estimate of drug-likeness (QED) is 0.617. The number of hydrogen-bond acceptors (Lipinski definition) is 5. The minimum atomic E-state index is 0.712. The van der Waals surface area contributed by atoms with Gasteiger partial charge in [0.15, 0.2) is 11.5 Å². The lowest BCUT2D eigenvalue weighted by molar-refractivity contribution is 1.13. The second-order valence-corrected chi connectivity index (χ2v) is 5.67. The zero-order chi connectivity index (χ0) is 18.4. The molecule has 0 fully saturated rings. The van der Waals surface area contributed by atoms with E-state index in [0.29, 0.717) is 5.82 Å². The number of allylic oxidation sites excluding steroid dienone is 2. The first-order chi connectivity index (χ1) is 12.7. The lowest BCUT2D eigenvalue weighted by Crippen LogP contribution is -2.00. The first kappa shape index (κ1) is 17.4. The van der Waals surface area contributed by atoms with Crippen molar-refractivity contribution in [3.05, 3.63) is 67.4 Å². The molecule has 2 heterocycles. The molecule has 0 saturated heterocycles. The van der Waals surface area contributed by atoms with Gasteiger partial charge in [-0.25, -0.2) is 9.97 Å². The van der Waals surface area contributed by atoms with Crippen LogP contribution >= 0.6 is 0 Å². The average Bonchev–Trinajstić information content (AvgIpc) is 3.15. The Balaban J connectivity index is 1.87. The lowest BCUT2D eigenvalue weighted by atomic mass is 10.0. The van der Waals surface area contributed by atoms with E-state index in [1.54, 1.807) is 24.8 Å². The highest BCUT2D eigenvalue weighted by Crippen LogP contribution is 2.30. The fourth-order valence-electron chi connectivity index (χ4n) is 2.66. The van der Waals surface area contributed by atoms with Gasteiger partial charge in [0.05, 0.1) is 0 Å². The van der Waals surface area contributed by atoms with Crippen molar-refractivity contribution >= 4 is 34.6 Å². The monoisotopic (exact) mass is 346 g/mol. The molecule has 1 aromatic carbocycles. The minimum absolute atomic E-state index is 0.712. The molecule has 0 radical (unpaired) electrons. The number of anilines is 3. The number of aromatic nitrogens is 3. The summed E-state index contributed by atoms with van der Waals surface area (Å²) < 4.78 is 1.93. The van der Waals surface area contributed by atoms with Crippen LogP contribution in [0.15, 0.2) is 66.8 Å². The van der Waals surface area contributed by atoms with Gasteiger partial charge in [-0.05, 0) is 37.1 Å². The van der Waals surface area contributed by atoms with E-state index in [9.17, 15) is 0 Å². The van der Waals surface area contributed by atoms with Gasteiger partial charge in [-0.15, -0.1) is 0 Å². The molecule has 0 aliphatic carbocycles. The number of imidazole rings is 1. The van der Waals surface area contributed by atoms with Crippen molar-refractivity contribution in [2.24, 2.45) is 4.99 Å². The van der Waals surface area contributed by atoms with Crippen LogP contribution < -0.4 is 10.6 Å². The Bertz CT molecular complexity index is 967. The summed E-state index contributed by atoms with van der Waals surface area (Å²) in [6.07, 6.45) is 13.5. The van der Waals surface area contributed by atoms with E-state index < -0.39 is 0 Å². The van der Waals surface area contributed by atoms with Gasteiger partial charge in [-0.1, -0.05) is 12.7 Å². The second-order valence-electron chi connectivity index (χ2n) is 5.67. The summed E-state index contributed by atoms with van der Waals surface area (Å²) in [6.45, 7) is 6.11. The van der Waals surface area contributed by atoms with Crippen molar-refractivity contribution in [2.45, 2.75) is 13.3 Å². The summed E-state index contributed by atoms with van der Waals surface area (Å²) >= 11 is 0. The van der Waals surface area contributed by atoms with Crippen LogP contribution in [0.5, 0.6) is 0 Å². The van der Waals surface area contributed by atoms with Crippen LogP contribution in [0.1, 0.15) is 18.9 Å². The summed E-state index contributed by atoms with van der Waals surface area (Å²) in [5.41, 5.74) is 4.80. The molecule has 3 rings (SSSR count). The van der Waals surface area contributed by atoms with Crippen LogP contribution in [0.25, 0.3) is 11.2 Å². The van der Waals surface area contributed by atoms with E-state index in [1.807, 2.05) is 49.0 Å². The average molecular weight is 346 g/mol. The van der Waals surface area contributed by atoms with Gasteiger partial charge < -0.3 is 15.0 Å².